The van der Waals surface area contributed by atoms with Crippen molar-refractivity contribution >= 4 is 23.2 Å². The van der Waals surface area contributed by atoms with E-state index in [0.717, 1.165) is 42.7 Å². The molecule has 1 N–H and O–H groups in total. The van der Waals surface area contributed by atoms with Crippen LogP contribution in [0.1, 0.15) is 38.7 Å². The van der Waals surface area contributed by atoms with Crippen molar-refractivity contribution in [3.8, 4) is 0 Å². The molecule has 2 rings (SSSR count). The highest BCUT2D eigenvalue weighted by Crippen LogP contribution is 2.29. The minimum atomic E-state index is 0.0432. The van der Waals surface area contributed by atoms with Crippen molar-refractivity contribution in [1.29, 1.82) is 0 Å². The Bertz CT molecular complexity index is 497. The van der Waals surface area contributed by atoms with Gasteiger partial charge >= 0.3 is 0 Å². The Morgan fingerprint density at radius 1 is 1.37 bits per heavy atom. The number of hydrogen-bond acceptors (Lipinski definition) is 2. The number of carbonyl (C=O) groups excluding carboxylic acids is 2. The van der Waals surface area contributed by atoms with E-state index in [0.29, 0.717) is 6.42 Å². The maximum absolute atomic E-state index is 11.6. The highest BCUT2D eigenvalue weighted by atomic mass is 16.2. The molecule has 0 saturated carbocycles. The zero-order chi connectivity index (χ0) is 13.8. The van der Waals surface area contributed by atoms with Crippen LogP contribution in [0.15, 0.2) is 18.2 Å². The Balaban J connectivity index is 2.19. The van der Waals surface area contributed by atoms with Crippen LogP contribution in [0.25, 0.3) is 0 Å². The van der Waals surface area contributed by atoms with Gasteiger partial charge in [0.05, 0.1) is 0 Å². The Hall–Kier alpha value is -1.84. The van der Waals surface area contributed by atoms with Crippen molar-refractivity contribution in [2.75, 3.05) is 16.8 Å². The van der Waals surface area contributed by atoms with Crippen molar-refractivity contribution in [1.82, 2.24) is 0 Å². The third kappa shape index (κ3) is 3.13. The van der Waals surface area contributed by atoms with E-state index < -0.39 is 0 Å². The molecule has 0 spiro atoms. The van der Waals surface area contributed by atoms with Crippen LogP contribution in [0.2, 0.25) is 0 Å². The number of anilines is 2. The van der Waals surface area contributed by atoms with E-state index in [1.807, 2.05) is 25.1 Å². The van der Waals surface area contributed by atoms with Gasteiger partial charge in [0, 0.05) is 31.3 Å². The normalized spacial score (nSPS) is 13.9. The van der Waals surface area contributed by atoms with Gasteiger partial charge < -0.3 is 10.2 Å². The minimum absolute atomic E-state index is 0.0432. The summed E-state index contributed by atoms with van der Waals surface area (Å²) >= 11 is 0. The smallest absolute Gasteiger partial charge is 0.224 e. The lowest BCUT2D eigenvalue weighted by atomic mass is 10.0. The predicted octanol–water partition coefficient (Wildman–Crippen LogP) is 2.72. The number of carbonyl (C=O) groups is 2. The van der Waals surface area contributed by atoms with Gasteiger partial charge in [-0.3, -0.25) is 9.59 Å². The fourth-order valence-electron chi connectivity index (χ4n) is 2.45. The fraction of sp³-hybridized carbons (Fsp3) is 0.467. The maximum atomic E-state index is 11.6. The summed E-state index contributed by atoms with van der Waals surface area (Å²) in [6.45, 7) is 4.35. The zero-order valence-electron chi connectivity index (χ0n) is 11.5. The predicted molar refractivity (Wildman–Crippen MR) is 76.3 cm³/mol. The second-order valence-electron chi connectivity index (χ2n) is 4.92. The quantitative estimate of drug-likeness (QED) is 0.908. The summed E-state index contributed by atoms with van der Waals surface area (Å²) in [5.74, 6) is 0.116. The highest BCUT2D eigenvalue weighted by Gasteiger charge is 2.20. The number of fused-ring (bicyclic) bond motifs is 1. The molecule has 4 heteroatoms. The first-order chi connectivity index (χ1) is 9.11. The van der Waals surface area contributed by atoms with E-state index in [1.165, 1.54) is 0 Å². The van der Waals surface area contributed by atoms with Gasteiger partial charge in [0.15, 0.2) is 0 Å². The molecule has 0 aliphatic carbocycles. The average molecular weight is 260 g/mol. The molecule has 1 heterocycles. The molecule has 0 saturated heterocycles. The molecule has 0 radical (unpaired) electrons. The average Bonchev–Trinajstić information content (AvgIpc) is 2.37. The van der Waals surface area contributed by atoms with Gasteiger partial charge in [-0.05, 0) is 43.0 Å². The van der Waals surface area contributed by atoms with Crippen LogP contribution in [0, 0.1) is 0 Å². The van der Waals surface area contributed by atoms with Crippen LogP contribution in [-0.4, -0.2) is 18.4 Å². The molecule has 2 amide bonds. The van der Waals surface area contributed by atoms with E-state index >= 15 is 0 Å². The van der Waals surface area contributed by atoms with Crippen LogP contribution in [0.5, 0.6) is 0 Å². The molecule has 1 aromatic rings. The third-order valence-electron chi connectivity index (χ3n) is 3.34. The molecule has 1 aliphatic rings. The summed E-state index contributed by atoms with van der Waals surface area (Å²) in [6, 6.07) is 5.78. The molecule has 0 fully saturated rings. The monoisotopic (exact) mass is 260 g/mol. The van der Waals surface area contributed by atoms with Crippen LogP contribution >= 0.6 is 0 Å². The van der Waals surface area contributed by atoms with Crippen LogP contribution in [0.3, 0.4) is 0 Å². The fourth-order valence-corrected chi connectivity index (χ4v) is 2.45. The van der Waals surface area contributed by atoms with E-state index in [1.54, 1.807) is 11.8 Å². The van der Waals surface area contributed by atoms with Crippen molar-refractivity contribution in [3.05, 3.63) is 23.8 Å². The molecule has 102 valence electrons. The van der Waals surface area contributed by atoms with Gasteiger partial charge in [-0.1, -0.05) is 6.92 Å². The van der Waals surface area contributed by atoms with Crippen LogP contribution in [0.4, 0.5) is 11.4 Å². The molecule has 19 heavy (non-hydrogen) atoms. The van der Waals surface area contributed by atoms with Gasteiger partial charge in [-0.25, -0.2) is 0 Å². The van der Waals surface area contributed by atoms with Gasteiger partial charge in [0.2, 0.25) is 11.8 Å². The number of nitrogens with one attached hydrogen (secondary N) is 1. The topological polar surface area (TPSA) is 49.4 Å². The number of amides is 2. The van der Waals surface area contributed by atoms with E-state index in [9.17, 15) is 9.59 Å². The number of aryl methyl sites for hydroxylation is 1. The Morgan fingerprint density at radius 2 is 2.16 bits per heavy atom. The summed E-state index contributed by atoms with van der Waals surface area (Å²) < 4.78 is 0. The lowest BCUT2D eigenvalue weighted by molar-refractivity contribution is -0.117. The second kappa shape index (κ2) is 5.87. The van der Waals surface area contributed by atoms with Crippen molar-refractivity contribution in [3.63, 3.8) is 0 Å². The molecule has 0 atom stereocenters. The minimum Gasteiger partial charge on any atom is -0.326 e. The first-order valence-corrected chi connectivity index (χ1v) is 6.82. The van der Waals surface area contributed by atoms with E-state index in [2.05, 4.69) is 5.32 Å². The van der Waals surface area contributed by atoms with Gasteiger partial charge in [-0.2, -0.15) is 0 Å². The molecule has 0 unspecified atom stereocenters. The first-order valence-electron chi connectivity index (χ1n) is 6.82. The summed E-state index contributed by atoms with van der Waals surface area (Å²) in [6.07, 6.45) is 3.31. The molecule has 0 aromatic heterocycles. The SMILES string of the molecule is CCCC(=O)Nc1ccc2c(c1)CCCN2C(C)=O. The zero-order valence-corrected chi connectivity index (χ0v) is 11.5. The molecule has 0 bridgehead atoms. The summed E-state index contributed by atoms with van der Waals surface area (Å²) in [5, 5.41) is 2.89. The van der Waals surface area contributed by atoms with E-state index in [4.69, 9.17) is 0 Å². The van der Waals surface area contributed by atoms with Gasteiger partial charge in [0.1, 0.15) is 0 Å². The highest BCUT2D eigenvalue weighted by molar-refractivity contribution is 5.94. The summed E-state index contributed by atoms with van der Waals surface area (Å²) in [4.78, 5) is 24.9. The largest absolute Gasteiger partial charge is 0.326 e. The summed E-state index contributed by atoms with van der Waals surface area (Å²) in [5.41, 5.74) is 2.94. The molecule has 1 aromatic carbocycles. The van der Waals surface area contributed by atoms with Crippen molar-refractivity contribution in [2.24, 2.45) is 0 Å². The third-order valence-corrected chi connectivity index (χ3v) is 3.34. The maximum Gasteiger partial charge on any atom is 0.224 e. The number of hydrogen-bond donors (Lipinski definition) is 1. The molecule has 1 aliphatic heterocycles. The van der Waals surface area contributed by atoms with Gasteiger partial charge in [-0.15, -0.1) is 0 Å². The van der Waals surface area contributed by atoms with Crippen LogP contribution in [-0.2, 0) is 16.0 Å². The summed E-state index contributed by atoms with van der Waals surface area (Å²) in [7, 11) is 0. The molecular formula is C15H20N2O2. The van der Waals surface area contributed by atoms with E-state index in [-0.39, 0.29) is 11.8 Å². The van der Waals surface area contributed by atoms with Crippen LogP contribution < -0.4 is 10.2 Å². The first kappa shape index (κ1) is 13.6. The molecular weight excluding hydrogens is 240 g/mol. The standard InChI is InChI=1S/C15H20N2O2/c1-3-5-15(19)16-13-7-8-14-12(10-13)6-4-9-17(14)11(2)18/h7-8,10H,3-6,9H2,1-2H3,(H,16,19). The van der Waals surface area contributed by atoms with Gasteiger partial charge in [0.25, 0.3) is 0 Å². The molecule has 4 nitrogen and oxygen atoms in total. The second-order valence-corrected chi connectivity index (χ2v) is 4.92. The number of rotatable bonds is 3. The number of nitrogens with zero attached hydrogens (tertiary/aromatic N) is 1. The number of benzene rings is 1. The Morgan fingerprint density at radius 3 is 2.84 bits per heavy atom. The lowest BCUT2D eigenvalue weighted by Gasteiger charge is -2.29. The Labute approximate surface area is 113 Å². The van der Waals surface area contributed by atoms with Crippen molar-refractivity contribution < 1.29 is 9.59 Å². The van der Waals surface area contributed by atoms with Crippen molar-refractivity contribution in [2.45, 2.75) is 39.5 Å². The lowest BCUT2D eigenvalue weighted by Crippen LogP contribution is -2.33. The Kier molecular flexibility index (Phi) is 4.20.